The molecule has 0 radical (unpaired) electrons. The van der Waals surface area contributed by atoms with Crippen LogP contribution in [0.15, 0.2) is 12.7 Å². The summed E-state index contributed by atoms with van der Waals surface area (Å²) in [6.45, 7) is 7.78. The minimum Gasteiger partial charge on any atom is -0.465 e. The maximum absolute atomic E-state index is 11.6. The number of hydrogen-bond donors (Lipinski definition) is 0. The van der Waals surface area contributed by atoms with Crippen molar-refractivity contribution in [3.05, 3.63) is 12.7 Å². The lowest BCUT2D eigenvalue weighted by Crippen LogP contribution is -2.45. The summed E-state index contributed by atoms with van der Waals surface area (Å²) in [6.07, 6.45) is 5.06. The van der Waals surface area contributed by atoms with Gasteiger partial charge in [-0.25, -0.2) is 0 Å². The summed E-state index contributed by atoms with van der Waals surface area (Å²) in [4.78, 5) is 13.7. The Morgan fingerprint density at radius 1 is 1.64 bits per heavy atom. The van der Waals surface area contributed by atoms with Gasteiger partial charge < -0.3 is 4.74 Å². The molecule has 0 spiro atoms. The molecule has 0 aromatic carbocycles. The number of piperidine rings is 1. The highest BCUT2D eigenvalue weighted by Gasteiger charge is 2.28. The van der Waals surface area contributed by atoms with E-state index in [2.05, 4.69) is 11.5 Å². The van der Waals surface area contributed by atoms with Crippen LogP contribution in [0.2, 0.25) is 0 Å². The van der Waals surface area contributed by atoms with E-state index >= 15 is 0 Å². The summed E-state index contributed by atoms with van der Waals surface area (Å²) in [5.74, 6) is -0.0750. The number of nitrogens with zero attached hydrogens (tertiary/aromatic N) is 1. The Balaban J connectivity index is 2.52. The van der Waals surface area contributed by atoms with Crippen molar-refractivity contribution >= 4 is 5.97 Å². The van der Waals surface area contributed by atoms with Crippen LogP contribution < -0.4 is 0 Å². The van der Waals surface area contributed by atoms with Crippen molar-refractivity contribution in [1.29, 1.82) is 0 Å². The first-order valence-electron chi connectivity index (χ1n) is 5.31. The molecule has 1 rings (SSSR count). The lowest BCUT2D eigenvalue weighted by molar-refractivity contribution is -0.150. The fraction of sp³-hybridized carbons (Fsp3) is 0.727. The van der Waals surface area contributed by atoms with Crippen molar-refractivity contribution in [2.75, 3.05) is 19.7 Å². The summed E-state index contributed by atoms with van der Waals surface area (Å²) >= 11 is 0. The smallest absolute Gasteiger partial charge is 0.323 e. The van der Waals surface area contributed by atoms with Gasteiger partial charge in [0.25, 0.3) is 0 Å². The summed E-state index contributed by atoms with van der Waals surface area (Å²) in [6, 6.07) is -0.0401. The summed E-state index contributed by atoms with van der Waals surface area (Å²) < 4.78 is 5.04. The first kappa shape index (κ1) is 11.2. The van der Waals surface area contributed by atoms with Crippen LogP contribution in [0.5, 0.6) is 0 Å². The van der Waals surface area contributed by atoms with E-state index in [0.29, 0.717) is 6.61 Å². The van der Waals surface area contributed by atoms with Crippen LogP contribution in [0.25, 0.3) is 0 Å². The Bertz CT molecular complexity index is 203. The molecule has 3 heteroatoms. The highest BCUT2D eigenvalue weighted by Crippen LogP contribution is 2.17. The number of esters is 1. The van der Waals surface area contributed by atoms with Crippen molar-refractivity contribution < 1.29 is 9.53 Å². The van der Waals surface area contributed by atoms with Crippen LogP contribution in [0.1, 0.15) is 26.2 Å². The molecule has 1 heterocycles. The second-order valence-electron chi connectivity index (χ2n) is 3.55. The molecule has 80 valence electrons. The molecule has 0 aromatic heterocycles. The van der Waals surface area contributed by atoms with Gasteiger partial charge in [0.15, 0.2) is 0 Å². The second-order valence-corrected chi connectivity index (χ2v) is 3.55. The largest absolute Gasteiger partial charge is 0.465 e. The van der Waals surface area contributed by atoms with Crippen molar-refractivity contribution in [3.8, 4) is 0 Å². The molecule has 1 saturated heterocycles. The van der Waals surface area contributed by atoms with E-state index in [0.717, 1.165) is 25.9 Å². The minimum atomic E-state index is -0.0750. The minimum absolute atomic E-state index is 0.0401. The fourth-order valence-corrected chi connectivity index (χ4v) is 1.88. The zero-order valence-electron chi connectivity index (χ0n) is 8.87. The first-order valence-corrected chi connectivity index (χ1v) is 5.31. The second kappa shape index (κ2) is 5.81. The van der Waals surface area contributed by atoms with Gasteiger partial charge in [0.1, 0.15) is 6.04 Å². The van der Waals surface area contributed by atoms with Crippen LogP contribution in [0, 0.1) is 0 Å². The molecule has 1 atom stereocenters. The highest BCUT2D eigenvalue weighted by molar-refractivity contribution is 5.75. The monoisotopic (exact) mass is 197 g/mol. The Morgan fingerprint density at radius 3 is 3.07 bits per heavy atom. The molecule has 1 aliphatic heterocycles. The van der Waals surface area contributed by atoms with Gasteiger partial charge in [0.05, 0.1) is 6.61 Å². The molecule has 0 bridgehead atoms. The first-order chi connectivity index (χ1) is 6.79. The molecule has 3 nitrogen and oxygen atoms in total. The normalized spacial score (nSPS) is 23.1. The third-order valence-electron chi connectivity index (χ3n) is 2.54. The Morgan fingerprint density at radius 2 is 2.43 bits per heavy atom. The summed E-state index contributed by atoms with van der Waals surface area (Å²) in [5, 5.41) is 0. The van der Waals surface area contributed by atoms with Gasteiger partial charge in [0, 0.05) is 6.54 Å². The van der Waals surface area contributed by atoms with Crippen LogP contribution in [0.4, 0.5) is 0 Å². The number of carbonyl (C=O) groups excluding carboxylic acids is 1. The zero-order chi connectivity index (χ0) is 10.4. The molecule has 0 aliphatic carbocycles. The molecular weight excluding hydrogens is 178 g/mol. The third kappa shape index (κ3) is 2.84. The van der Waals surface area contributed by atoms with E-state index in [1.807, 2.05) is 13.0 Å². The molecular formula is C11H19NO2. The van der Waals surface area contributed by atoms with E-state index in [9.17, 15) is 4.79 Å². The van der Waals surface area contributed by atoms with Crippen LogP contribution >= 0.6 is 0 Å². The van der Waals surface area contributed by atoms with Gasteiger partial charge >= 0.3 is 5.97 Å². The average molecular weight is 197 g/mol. The zero-order valence-corrected chi connectivity index (χ0v) is 8.87. The Labute approximate surface area is 85.7 Å². The number of likely N-dealkylation sites (tertiary alicyclic amines) is 1. The van der Waals surface area contributed by atoms with E-state index in [4.69, 9.17) is 4.74 Å². The number of hydrogen-bond acceptors (Lipinski definition) is 3. The van der Waals surface area contributed by atoms with Gasteiger partial charge in [-0.3, -0.25) is 9.69 Å². The van der Waals surface area contributed by atoms with Crippen molar-refractivity contribution in [2.24, 2.45) is 0 Å². The van der Waals surface area contributed by atoms with Gasteiger partial charge in [-0.2, -0.15) is 0 Å². The quantitative estimate of drug-likeness (QED) is 0.506. The van der Waals surface area contributed by atoms with Gasteiger partial charge in [-0.1, -0.05) is 12.5 Å². The lowest BCUT2D eigenvalue weighted by Gasteiger charge is -2.32. The van der Waals surface area contributed by atoms with Gasteiger partial charge in [-0.05, 0) is 26.3 Å². The van der Waals surface area contributed by atoms with E-state index in [-0.39, 0.29) is 12.0 Å². The molecule has 1 unspecified atom stereocenters. The average Bonchev–Trinajstić information content (AvgIpc) is 2.19. The molecule has 0 aromatic rings. The molecule has 0 amide bonds. The number of rotatable bonds is 4. The molecule has 14 heavy (non-hydrogen) atoms. The van der Waals surface area contributed by atoms with E-state index in [1.165, 1.54) is 6.42 Å². The van der Waals surface area contributed by atoms with Crippen LogP contribution in [0.3, 0.4) is 0 Å². The maximum Gasteiger partial charge on any atom is 0.323 e. The SMILES string of the molecule is C=CCN1CCCCC1C(=O)OCC. The maximum atomic E-state index is 11.6. The molecule has 0 N–H and O–H groups in total. The fourth-order valence-electron chi connectivity index (χ4n) is 1.88. The lowest BCUT2D eigenvalue weighted by atomic mass is 10.0. The van der Waals surface area contributed by atoms with E-state index in [1.54, 1.807) is 0 Å². The number of ether oxygens (including phenoxy) is 1. The standard InChI is InChI=1S/C11H19NO2/c1-3-8-12-9-6-5-7-10(12)11(13)14-4-2/h3,10H,1,4-9H2,2H3. The van der Waals surface area contributed by atoms with Crippen LogP contribution in [-0.4, -0.2) is 36.6 Å². The predicted molar refractivity (Wildman–Crippen MR) is 56.0 cm³/mol. The topological polar surface area (TPSA) is 29.5 Å². The highest BCUT2D eigenvalue weighted by atomic mass is 16.5. The third-order valence-corrected chi connectivity index (χ3v) is 2.54. The van der Waals surface area contributed by atoms with Crippen molar-refractivity contribution in [2.45, 2.75) is 32.2 Å². The van der Waals surface area contributed by atoms with Crippen LogP contribution in [-0.2, 0) is 9.53 Å². The van der Waals surface area contributed by atoms with Gasteiger partial charge in [-0.15, -0.1) is 6.58 Å². The summed E-state index contributed by atoms with van der Waals surface area (Å²) in [5.41, 5.74) is 0. The predicted octanol–water partition coefficient (Wildman–Crippen LogP) is 1.59. The summed E-state index contributed by atoms with van der Waals surface area (Å²) in [7, 11) is 0. The number of carbonyl (C=O) groups is 1. The van der Waals surface area contributed by atoms with Gasteiger partial charge in [0.2, 0.25) is 0 Å². The molecule has 0 saturated carbocycles. The Hall–Kier alpha value is -0.830. The molecule has 1 fully saturated rings. The van der Waals surface area contributed by atoms with Crippen molar-refractivity contribution in [1.82, 2.24) is 4.90 Å². The van der Waals surface area contributed by atoms with E-state index < -0.39 is 0 Å². The van der Waals surface area contributed by atoms with Crippen molar-refractivity contribution in [3.63, 3.8) is 0 Å². The molecule has 1 aliphatic rings. The Kier molecular flexibility index (Phi) is 4.66.